The van der Waals surface area contributed by atoms with Crippen LogP contribution < -0.4 is 9.30 Å². The van der Waals surface area contributed by atoms with E-state index >= 15 is 0 Å². The maximum Gasteiger partial charge on any atom is 0.219 e. The van der Waals surface area contributed by atoms with Gasteiger partial charge in [-0.05, 0) is 66.4 Å². The normalized spacial score (nSPS) is 10.8. The molecule has 3 aromatic carbocycles. The van der Waals surface area contributed by atoms with E-state index in [1.807, 2.05) is 30.3 Å². The minimum Gasteiger partial charge on any atom is -0.439 e. The molecule has 0 fully saturated rings. The topological polar surface area (TPSA) is 26.0 Å². The summed E-state index contributed by atoms with van der Waals surface area (Å²) in [4.78, 5) is 4.27. The van der Waals surface area contributed by atoms with Crippen molar-refractivity contribution in [2.45, 2.75) is 13.8 Å². The highest BCUT2D eigenvalue weighted by Crippen LogP contribution is 2.32. The van der Waals surface area contributed by atoms with Crippen molar-refractivity contribution in [3.63, 3.8) is 0 Å². The fraction of sp³-hybridized carbons (Fsp3) is 0.0968. The predicted octanol–water partition coefficient (Wildman–Crippen LogP) is 7.32. The number of aryl methyl sites for hydroxylation is 2. The van der Waals surface area contributed by atoms with E-state index in [1.165, 1.54) is 33.5 Å². The number of aromatic nitrogens is 2. The van der Waals surface area contributed by atoms with E-state index < -0.39 is 0 Å². The zero-order chi connectivity index (χ0) is 23.5. The highest BCUT2D eigenvalue weighted by molar-refractivity contribution is 5.74. The third-order valence-electron chi connectivity index (χ3n) is 6.12. The van der Waals surface area contributed by atoms with Crippen LogP contribution in [-0.4, -0.2) is 4.98 Å². The average molecular weight is 444 g/mol. The van der Waals surface area contributed by atoms with Crippen molar-refractivity contribution in [2.75, 3.05) is 0 Å². The van der Waals surface area contributed by atoms with E-state index in [-0.39, 0.29) is 0 Å². The third kappa shape index (κ3) is 4.33. The van der Waals surface area contributed by atoms with Crippen LogP contribution in [0.2, 0.25) is 0 Å². The largest absolute Gasteiger partial charge is 0.439 e. The van der Waals surface area contributed by atoms with E-state index in [9.17, 15) is 0 Å². The Kier molecular flexibility index (Phi) is 5.92. The summed E-state index contributed by atoms with van der Waals surface area (Å²) >= 11 is 0. The van der Waals surface area contributed by atoms with Crippen LogP contribution in [0.25, 0.3) is 33.6 Å². The Morgan fingerprint density at radius 2 is 1.29 bits per heavy atom. The van der Waals surface area contributed by atoms with Gasteiger partial charge in [-0.1, -0.05) is 54.6 Å². The van der Waals surface area contributed by atoms with Crippen molar-refractivity contribution in [3.8, 4) is 45.3 Å². The van der Waals surface area contributed by atoms with Gasteiger partial charge >= 0.3 is 0 Å². The number of nitrogens with zero attached hydrogens (tertiary/aromatic N) is 2. The van der Waals surface area contributed by atoms with Gasteiger partial charge in [0.05, 0.1) is 5.56 Å². The lowest BCUT2D eigenvalue weighted by Crippen LogP contribution is -2.34. The summed E-state index contributed by atoms with van der Waals surface area (Å²) in [5.74, 6) is 1.35. The minimum atomic E-state index is 0.586. The summed E-state index contributed by atoms with van der Waals surface area (Å²) in [7, 11) is 2.13. The molecule has 0 amide bonds. The van der Waals surface area contributed by atoms with E-state index in [0.29, 0.717) is 5.88 Å². The monoisotopic (exact) mass is 443 g/mol. The Morgan fingerprint density at radius 1 is 0.618 bits per heavy atom. The second-order valence-corrected chi connectivity index (χ2v) is 8.50. The molecule has 0 saturated carbocycles. The van der Waals surface area contributed by atoms with E-state index in [2.05, 4.69) is 103 Å². The maximum absolute atomic E-state index is 5.97. The van der Waals surface area contributed by atoms with E-state index in [4.69, 9.17) is 4.74 Å². The molecule has 0 bridgehead atoms. The van der Waals surface area contributed by atoms with Crippen LogP contribution >= 0.6 is 0 Å². The Hall–Kier alpha value is -4.24. The molecule has 0 N–H and O–H groups in total. The smallest absolute Gasteiger partial charge is 0.219 e. The molecule has 2 aromatic heterocycles. The molecule has 0 aliphatic rings. The molecule has 5 aromatic rings. The number of pyridine rings is 2. The first-order valence-corrected chi connectivity index (χ1v) is 11.5. The van der Waals surface area contributed by atoms with Crippen LogP contribution in [0.5, 0.6) is 11.6 Å². The van der Waals surface area contributed by atoms with Crippen LogP contribution in [-0.2, 0) is 7.05 Å². The van der Waals surface area contributed by atoms with Gasteiger partial charge in [0.2, 0.25) is 17.3 Å². The number of hydrogen-bond acceptors (Lipinski definition) is 2. The lowest BCUT2D eigenvalue weighted by Gasteiger charge is -2.13. The number of rotatable bonds is 5. The zero-order valence-corrected chi connectivity index (χ0v) is 19.7. The van der Waals surface area contributed by atoms with Crippen LogP contribution in [0.4, 0.5) is 0 Å². The molecule has 0 radical (unpaired) electrons. The van der Waals surface area contributed by atoms with Crippen LogP contribution in [0.1, 0.15) is 11.1 Å². The predicted molar refractivity (Wildman–Crippen MR) is 138 cm³/mol. The molecule has 2 heterocycles. The fourth-order valence-electron chi connectivity index (χ4n) is 4.54. The molecule has 166 valence electrons. The Labute approximate surface area is 201 Å². The first-order valence-electron chi connectivity index (χ1n) is 11.5. The second-order valence-electron chi connectivity index (χ2n) is 8.50. The highest BCUT2D eigenvalue weighted by Gasteiger charge is 2.20. The number of benzene rings is 3. The van der Waals surface area contributed by atoms with Gasteiger partial charge in [-0.15, -0.1) is 0 Å². The fourth-order valence-corrected chi connectivity index (χ4v) is 4.54. The van der Waals surface area contributed by atoms with Gasteiger partial charge < -0.3 is 4.74 Å². The van der Waals surface area contributed by atoms with Crippen LogP contribution in [0, 0.1) is 13.8 Å². The van der Waals surface area contributed by atoms with E-state index in [1.54, 1.807) is 6.20 Å². The van der Waals surface area contributed by atoms with Crippen LogP contribution in [0.3, 0.4) is 0 Å². The molecule has 0 atom stereocenters. The molecule has 0 spiro atoms. The lowest BCUT2D eigenvalue weighted by atomic mass is 9.93. The van der Waals surface area contributed by atoms with Crippen molar-refractivity contribution >= 4 is 0 Å². The van der Waals surface area contributed by atoms with Crippen LogP contribution in [0.15, 0.2) is 109 Å². The minimum absolute atomic E-state index is 0.586. The molecule has 0 unspecified atom stereocenters. The van der Waals surface area contributed by atoms with Gasteiger partial charge in [-0.2, -0.15) is 4.57 Å². The second kappa shape index (κ2) is 9.32. The molecule has 5 rings (SSSR count). The quantitative estimate of drug-likeness (QED) is 0.266. The standard InChI is InChI=1S/C31H27N2O/c1-22-19-26(24-11-5-4-6-12-24)20-23(2)31(22)29-16-10-15-28(33(29)3)25-13-9-14-27(21-25)34-30-17-7-8-18-32-30/h4-21H,1-3H3/q+1. The van der Waals surface area contributed by atoms with Gasteiger partial charge in [0.25, 0.3) is 0 Å². The summed E-state index contributed by atoms with van der Waals surface area (Å²) in [6.07, 6.45) is 1.73. The van der Waals surface area contributed by atoms with Crippen molar-refractivity contribution in [1.29, 1.82) is 0 Å². The highest BCUT2D eigenvalue weighted by atomic mass is 16.5. The molecular formula is C31H27N2O+. The maximum atomic E-state index is 5.97. The molecule has 0 aliphatic carbocycles. The summed E-state index contributed by atoms with van der Waals surface area (Å²) < 4.78 is 8.23. The van der Waals surface area contributed by atoms with Crippen molar-refractivity contribution in [2.24, 2.45) is 7.05 Å². The van der Waals surface area contributed by atoms with Crippen molar-refractivity contribution in [1.82, 2.24) is 4.98 Å². The average Bonchev–Trinajstić information content (AvgIpc) is 2.86. The summed E-state index contributed by atoms with van der Waals surface area (Å²) in [6, 6.07) is 35.4. The molecule has 0 saturated heterocycles. The van der Waals surface area contributed by atoms with Crippen molar-refractivity contribution < 1.29 is 9.30 Å². The molecule has 34 heavy (non-hydrogen) atoms. The van der Waals surface area contributed by atoms with Gasteiger partial charge in [0, 0.05) is 30.0 Å². The molecule has 3 nitrogen and oxygen atoms in total. The molecule has 0 aliphatic heterocycles. The van der Waals surface area contributed by atoms with Gasteiger partial charge in [-0.25, -0.2) is 4.98 Å². The summed E-state index contributed by atoms with van der Waals surface area (Å²) in [6.45, 7) is 4.39. The Morgan fingerprint density at radius 3 is 2.03 bits per heavy atom. The Balaban J connectivity index is 1.54. The van der Waals surface area contributed by atoms with Gasteiger partial charge in [-0.3, -0.25) is 0 Å². The molecule has 3 heteroatoms. The van der Waals surface area contributed by atoms with E-state index in [0.717, 1.165) is 17.0 Å². The third-order valence-corrected chi connectivity index (χ3v) is 6.12. The SMILES string of the molecule is Cc1cc(-c2ccccc2)cc(C)c1-c1cccc(-c2cccc(Oc3ccccn3)c2)[n+]1C. The first kappa shape index (κ1) is 21.6. The van der Waals surface area contributed by atoms with Crippen molar-refractivity contribution in [3.05, 3.63) is 120 Å². The number of hydrogen-bond donors (Lipinski definition) is 0. The summed E-state index contributed by atoms with van der Waals surface area (Å²) in [5.41, 5.74) is 9.68. The van der Waals surface area contributed by atoms with Gasteiger partial charge in [0.1, 0.15) is 12.8 Å². The zero-order valence-electron chi connectivity index (χ0n) is 19.7. The number of ether oxygens (including phenoxy) is 1. The van der Waals surface area contributed by atoms with Gasteiger partial charge in [0.15, 0.2) is 0 Å². The summed E-state index contributed by atoms with van der Waals surface area (Å²) in [5, 5.41) is 0. The first-order chi connectivity index (χ1) is 16.6. The Bertz CT molecular complexity index is 1420. The lowest BCUT2D eigenvalue weighted by molar-refractivity contribution is -0.649. The molecular weight excluding hydrogens is 416 g/mol.